The van der Waals surface area contributed by atoms with Gasteiger partial charge in [-0.2, -0.15) is 0 Å². The highest BCUT2D eigenvalue weighted by atomic mass is 16.7. The number of quaternary nitrogens is 1. The summed E-state index contributed by atoms with van der Waals surface area (Å²) < 4.78 is 16.1. The van der Waals surface area contributed by atoms with Gasteiger partial charge < -0.3 is 18.4 Å². The Labute approximate surface area is 109 Å². The van der Waals surface area contributed by atoms with Crippen LogP contribution < -0.4 is 10.2 Å². The van der Waals surface area contributed by atoms with Crippen LogP contribution in [0.25, 0.3) is 0 Å². The zero-order valence-corrected chi connectivity index (χ0v) is 10.7. The third-order valence-corrected chi connectivity index (χ3v) is 3.77. The molecule has 0 radical (unpaired) electrons. The first-order valence-corrected chi connectivity index (χ1v) is 5.92. The fourth-order valence-electron chi connectivity index (χ4n) is 2.91. The fraction of sp³-hybridized carbons (Fsp3) is 0.364. The fourth-order valence-corrected chi connectivity index (χ4v) is 2.91. The number of carbonyl (C=O) groups is 2. The lowest BCUT2D eigenvalue weighted by Crippen LogP contribution is -2.67. The summed E-state index contributed by atoms with van der Waals surface area (Å²) in [5.74, 6) is -0.474. The number of methoxy groups -OCH3 is 1. The van der Waals surface area contributed by atoms with Crippen molar-refractivity contribution in [1.82, 2.24) is 4.98 Å². The minimum absolute atomic E-state index is 0.0831. The first kappa shape index (κ1) is 12.0. The van der Waals surface area contributed by atoms with Gasteiger partial charge in [0.2, 0.25) is 0 Å². The summed E-state index contributed by atoms with van der Waals surface area (Å²) in [5.41, 5.74) is 0.504. The molecule has 1 aromatic heterocycles. The second kappa shape index (κ2) is 3.70. The number of hydrogen-bond acceptors (Lipinski definition) is 6. The molecule has 2 fully saturated rings. The molecule has 0 aliphatic carbocycles. The summed E-state index contributed by atoms with van der Waals surface area (Å²) in [5, 5.41) is 0. The van der Waals surface area contributed by atoms with Crippen LogP contribution >= 0.6 is 0 Å². The average molecular weight is 264 g/mol. The number of hydrogen-bond donors (Lipinski definition) is 0. The van der Waals surface area contributed by atoms with Crippen LogP contribution in [0.2, 0.25) is 0 Å². The molecule has 2 saturated heterocycles. The minimum atomic E-state index is -2.27. The SMILES string of the molecule is COc1ncccc1[B-]12OC(=O)C[N+]1(C)CC(=O)O2. The van der Waals surface area contributed by atoms with Gasteiger partial charge in [0.15, 0.2) is 5.88 Å². The molecule has 0 spiro atoms. The van der Waals surface area contributed by atoms with Crippen LogP contribution in [0.4, 0.5) is 0 Å². The maximum absolute atomic E-state index is 11.7. The minimum Gasteiger partial charge on any atom is -0.596 e. The Kier molecular flexibility index (Phi) is 2.33. The molecule has 2 aliphatic rings. The maximum Gasteiger partial charge on any atom is 0.619 e. The van der Waals surface area contributed by atoms with E-state index >= 15 is 0 Å². The maximum atomic E-state index is 11.7. The molecule has 8 heteroatoms. The number of likely N-dealkylation sites (N-methyl/N-ethyl adjacent to an activating group) is 1. The second-order valence-corrected chi connectivity index (χ2v) is 5.05. The number of aromatic nitrogens is 1. The van der Waals surface area contributed by atoms with E-state index in [1.807, 2.05) is 0 Å². The van der Waals surface area contributed by atoms with Gasteiger partial charge in [-0.15, -0.1) is 0 Å². The van der Waals surface area contributed by atoms with Crippen LogP contribution in [0.3, 0.4) is 0 Å². The third-order valence-electron chi connectivity index (χ3n) is 3.77. The average Bonchev–Trinajstić information content (AvgIpc) is 2.73. The van der Waals surface area contributed by atoms with Gasteiger partial charge >= 0.3 is 18.6 Å². The molecule has 0 aromatic carbocycles. The van der Waals surface area contributed by atoms with Crippen molar-refractivity contribution in [2.45, 2.75) is 0 Å². The molecule has 100 valence electrons. The number of ether oxygens (including phenoxy) is 1. The Hall–Kier alpha value is -2.09. The Bertz CT molecular complexity index is 556. The van der Waals surface area contributed by atoms with Crippen LogP contribution in [0.1, 0.15) is 0 Å². The first-order chi connectivity index (χ1) is 9.01. The lowest BCUT2D eigenvalue weighted by molar-refractivity contribution is -0.791. The van der Waals surface area contributed by atoms with Gasteiger partial charge in [0.25, 0.3) is 0 Å². The monoisotopic (exact) mass is 264 g/mol. The zero-order valence-electron chi connectivity index (χ0n) is 10.7. The highest BCUT2D eigenvalue weighted by molar-refractivity contribution is 6.79. The third kappa shape index (κ3) is 1.46. The van der Waals surface area contributed by atoms with Gasteiger partial charge in [-0.1, -0.05) is 6.07 Å². The number of nitrogens with zero attached hydrogens (tertiary/aromatic N) is 2. The summed E-state index contributed by atoms with van der Waals surface area (Å²) in [6, 6.07) is 3.40. The number of carbonyl (C=O) groups excluding carboxylic acids is 2. The molecular formula is C11H13BN2O5. The van der Waals surface area contributed by atoms with Crippen molar-refractivity contribution in [2.24, 2.45) is 0 Å². The molecule has 0 saturated carbocycles. The van der Waals surface area contributed by atoms with Crippen LogP contribution in [0.5, 0.6) is 5.88 Å². The van der Waals surface area contributed by atoms with Crippen molar-refractivity contribution in [3.63, 3.8) is 0 Å². The predicted molar refractivity (Wildman–Crippen MR) is 64.3 cm³/mol. The van der Waals surface area contributed by atoms with Crippen molar-refractivity contribution in [3.8, 4) is 5.88 Å². The van der Waals surface area contributed by atoms with Gasteiger partial charge in [0.1, 0.15) is 13.1 Å². The predicted octanol–water partition coefficient (Wildman–Crippen LogP) is -1.20. The largest absolute Gasteiger partial charge is 0.619 e. The molecule has 3 rings (SSSR count). The van der Waals surface area contributed by atoms with Crippen LogP contribution in [0, 0.1) is 0 Å². The number of rotatable bonds is 2. The zero-order chi connectivity index (χ0) is 13.7. The van der Waals surface area contributed by atoms with Crippen molar-refractivity contribution in [1.29, 1.82) is 0 Å². The Morgan fingerprint density at radius 2 is 1.95 bits per heavy atom. The van der Waals surface area contributed by atoms with Crippen molar-refractivity contribution >= 4 is 24.1 Å². The molecular weight excluding hydrogens is 251 g/mol. The normalized spacial score (nSPS) is 32.7. The smallest absolute Gasteiger partial charge is 0.596 e. The Morgan fingerprint density at radius 1 is 1.32 bits per heavy atom. The van der Waals surface area contributed by atoms with Gasteiger partial charge in [0, 0.05) is 18.7 Å². The van der Waals surface area contributed by atoms with E-state index in [-0.39, 0.29) is 29.4 Å². The van der Waals surface area contributed by atoms with E-state index in [2.05, 4.69) is 4.98 Å². The van der Waals surface area contributed by atoms with E-state index < -0.39 is 6.69 Å². The second-order valence-electron chi connectivity index (χ2n) is 5.05. The molecule has 19 heavy (non-hydrogen) atoms. The number of pyridine rings is 1. The van der Waals surface area contributed by atoms with Gasteiger partial charge in [-0.3, -0.25) is 9.59 Å². The van der Waals surface area contributed by atoms with E-state index in [0.29, 0.717) is 11.3 Å². The molecule has 7 nitrogen and oxygen atoms in total. The topological polar surface area (TPSA) is 74.7 Å². The molecule has 0 N–H and O–H groups in total. The lowest BCUT2D eigenvalue weighted by atomic mass is 9.61. The summed E-state index contributed by atoms with van der Waals surface area (Å²) in [6.07, 6.45) is 1.56. The van der Waals surface area contributed by atoms with Gasteiger partial charge in [0.05, 0.1) is 7.11 Å². The molecule has 0 atom stereocenters. The molecule has 1 aromatic rings. The van der Waals surface area contributed by atoms with E-state index in [1.165, 1.54) is 7.11 Å². The first-order valence-electron chi connectivity index (χ1n) is 5.92. The van der Waals surface area contributed by atoms with Gasteiger partial charge in [-0.05, 0) is 6.07 Å². The molecule has 3 heterocycles. The van der Waals surface area contributed by atoms with E-state index in [4.69, 9.17) is 14.0 Å². The summed E-state index contributed by atoms with van der Waals surface area (Å²) in [6.45, 7) is -2.07. The van der Waals surface area contributed by atoms with Crippen molar-refractivity contribution < 1.29 is 28.0 Å². The molecule has 0 bridgehead atoms. The van der Waals surface area contributed by atoms with Crippen LogP contribution in [-0.2, 0) is 18.9 Å². The van der Waals surface area contributed by atoms with E-state index in [0.717, 1.165) is 0 Å². The van der Waals surface area contributed by atoms with Gasteiger partial charge in [-0.25, -0.2) is 4.98 Å². The Morgan fingerprint density at radius 3 is 2.53 bits per heavy atom. The Balaban J connectivity index is 2.20. The molecule has 2 aliphatic heterocycles. The highest BCUT2D eigenvalue weighted by Gasteiger charge is 2.67. The summed E-state index contributed by atoms with van der Waals surface area (Å²) in [4.78, 5) is 27.4. The molecule has 0 unspecified atom stereocenters. The van der Waals surface area contributed by atoms with E-state index in [1.54, 1.807) is 25.4 Å². The molecule has 0 amide bonds. The summed E-state index contributed by atoms with van der Waals surface area (Å²) >= 11 is 0. The van der Waals surface area contributed by atoms with Crippen LogP contribution in [-0.4, -0.2) is 55.3 Å². The standard InChI is InChI=1S/C11H13BN2O5/c1-14-6-9(15)18-12(14,19-10(16)7-14)8-4-3-5-13-11(8)17-2/h3-5H,6-7H2,1-2H3. The quantitative estimate of drug-likeness (QED) is 0.624. The van der Waals surface area contributed by atoms with Crippen LogP contribution in [0.15, 0.2) is 18.3 Å². The highest BCUT2D eigenvalue weighted by Crippen LogP contribution is 2.34. The van der Waals surface area contributed by atoms with Crippen molar-refractivity contribution in [2.75, 3.05) is 27.2 Å². The number of fused-ring (bicyclic) bond motifs is 1. The van der Waals surface area contributed by atoms with Crippen molar-refractivity contribution in [3.05, 3.63) is 18.3 Å². The van der Waals surface area contributed by atoms with E-state index in [9.17, 15) is 9.59 Å². The summed E-state index contributed by atoms with van der Waals surface area (Å²) in [7, 11) is 3.23. The lowest BCUT2D eigenvalue weighted by Gasteiger charge is -2.40.